The molecule has 2 rings (SSSR count). The fourth-order valence-electron chi connectivity index (χ4n) is 1.95. The molecule has 0 fully saturated rings. The van der Waals surface area contributed by atoms with Crippen molar-refractivity contribution in [2.75, 3.05) is 24.7 Å². The first-order chi connectivity index (χ1) is 9.72. The Kier molecular flexibility index (Phi) is 4.46. The minimum atomic E-state index is 0.600. The lowest BCUT2D eigenvalue weighted by Crippen LogP contribution is -2.07. The van der Waals surface area contributed by atoms with Crippen LogP contribution in [0.4, 0.5) is 11.4 Å². The molecule has 0 unspecified atom stereocenters. The van der Waals surface area contributed by atoms with Crippen molar-refractivity contribution in [3.63, 3.8) is 0 Å². The van der Waals surface area contributed by atoms with E-state index in [-0.39, 0.29) is 0 Å². The minimum Gasteiger partial charge on any atom is -0.497 e. The van der Waals surface area contributed by atoms with Crippen molar-refractivity contribution in [3.05, 3.63) is 53.6 Å². The number of rotatable bonds is 5. The third-order valence-electron chi connectivity index (χ3n) is 3.05. The molecule has 3 N–H and O–H groups in total. The number of anilines is 2. The van der Waals surface area contributed by atoms with Crippen molar-refractivity contribution in [2.45, 2.75) is 6.42 Å². The second-order valence-corrected chi connectivity index (χ2v) is 4.44. The van der Waals surface area contributed by atoms with Crippen LogP contribution in [0.25, 0.3) is 0 Å². The van der Waals surface area contributed by atoms with E-state index in [0.717, 1.165) is 24.4 Å². The van der Waals surface area contributed by atoms with E-state index in [9.17, 15) is 0 Å². The number of nitriles is 1. The van der Waals surface area contributed by atoms with E-state index < -0.39 is 0 Å². The lowest BCUT2D eigenvalue weighted by Gasteiger charge is -2.10. The summed E-state index contributed by atoms with van der Waals surface area (Å²) in [6.45, 7) is 0.742. The van der Waals surface area contributed by atoms with Crippen LogP contribution in [-0.4, -0.2) is 13.7 Å². The zero-order valence-corrected chi connectivity index (χ0v) is 11.4. The molecule has 0 radical (unpaired) electrons. The number of nitrogens with zero attached hydrogens (tertiary/aromatic N) is 1. The highest BCUT2D eigenvalue weighted by molar-refractivity contribution is 5.68. The summed E-state index contributed by atoms with van der Waals surface area (Å²) in [6.07, 6.45) is 0.855. The van der Waals surface area contributed by atoms with E-state index in [0.29, 0.717) is 11.3 Å². The van der Waals surface area contributed by atoms with E-state index in [4.69, 9.17) is 15.7 Å². The van der Waals surface area contributed by atoms with Crippen molar-refractivity contribution in [2.24, 2.45) is 0 Å². The fourth-order valence-corrected chi connectivity index (χ4v) is 1.95. The van der Waals surface area contributed by atoms with Crippen LogP contribution in [0.15, 0.2) is 42.5 Å². The largest absolute Gasteiger partial charge is 0.497 e. The molecule has 2 aromatic carbocycles. The van der Waals surface area contributed by atoms with Crippen LogP contribution in [0.3, 0.4) is 0 Å². The molecule has 0 aliphatic rings. The molecule has 0 aromatic heterocycles. The zero-order chi connectivity index (χ0) is 14.4. The summed E-state index contributed by atoms with van der Waals surface area (Å²) in [7, 11) is 1.66. The van der Waals surface area contributed by atoms with E-state index in [1.807, 2.05) is 18.2 Å². The van der Waals surface area contributed by atoms with E-state index in [1.54, 1.807) is 25.3 Å². The predicted molar refractivity (Wildman–Crippen MR) is 80.8 cm³/mol. The van der Waals surface area contributed by atoms with Crippen LogP contribution in [0.2, 0.25) is 0 Å². The highest BCUT2D eigenvalue weighted by atomic mass is 16.5. The number of hydrogen-bond acceptors (Lipinski definition) is 4. The highest BCUT2D eigenvalue weighted by Gasteiger charge is 2.01. The Morgan fingerprint density at radius 1 is 1.25 bits per heavy atom. The van der Waals surface area contributed by atoms with Gasteiger partial charge in [-0.3, -0.25) is 0 Å². The van der Waals surface area contributed by atoms with Crippen LogP contribution in [0.5, 0.6) is 5.75 Å². The molecule has 0 aliphatic heterocycles. The standard InChI is InChI=1S/C16H17N3O/c1-20-14-4-2-3-12(9-14)7-8-19-16-10-13(11-17)5-6-15(16)18/h2-6,9-10,19H,7-8,18H2,1H3. The molecule has 0 aliphatic carbocycles. The highest BCUT2D eigenvalue weighted by Crippen LogP contribution is 2.20. The number of methoxy groups -OCH3 is 1. The molecule has 0 saturated heterocycles. The smallest absolute Gasteiger partial charge is 0.119 e. The molecule has 4 heteroatoms. The normalized spacial score (nSPS) is 9.80. The molecule has 102 valence electrons. The van der Waals surface area contributed by atoms with Crippen molar-refractivity contribution < 1.29 is 4.74 Å². The van der Waals surface area contributed by atoms with Gasteiger partial charge in [0, 0.05) is 6.54 Å². The van der Waals surface area contributed by atoms with Gasteiger partial charge in [-0.1, -0.05) is 12.1 Å². The fraction of sp³-hybridized carbons (Fsp3) is 0.188. The molecular weight excluding hydrogens is 250 g/mol. The van der Waals surface area contributed by atoms with Crippen LogP contribution < -0.4 is 15.8 Å². The Morgan fingerprint density at radius 3 is 2.85 bits per heavy atom. The van der Waals surface area contributed by atoms with Gasteiger partial charge in [0.05, 0.1) is 30.1 Å². The third kappa shape index (κ3) is 3.42. The monoisotopic (exact) mass is 267 g/mol. The first-order valence-corrected chi connectivity index (χ1v) is 6.39. The van der Waals surface area contributed by atoms with Gasteiger partial charge in [0.25, 0.3) is 0 Å². The number of ether oxygens (including phenoxy) is 1. The Labute approximate surface area is 118 Å². The lowest BCUT2D eigenvalue weighted by molar-refractivity contribution is 0.414. The molecule has 0 saturated carbocycles. The van der Waals surface area contributed by atoms with Gasteiger partial charge in [-0.15, -0.1) is 0 Å². The van der Waals surface area contributed by atoms with Gasteiger partial charge in [0.2, 0.25) is 0 Å². The Bertz CT molecular complexity index is 632. The predicted octanol–water partition coefficient (Wildman–Crippen LogP) is 2.80. The Morgan fingerprint density at radius 2 is 2.10 bits per heavy atom. The summed E-state index contributed by atoms with van der Waals surface area (Å²) >= 11 is 0. The van der Waals surface area contributed by atoms with Crippen molar-refractivity contribution >= 4 is 11.4 Å². The lowest BCUT2D eigenvalue weighted by atomic mass is 10.1. The van der Waals surface area contributed by atoms with Gasteiger partial charge >= 0.3 is 0 Å². The molecule has 0 atom stereocenters. The van der Waals surface area contributed by atoms with Crippen LogP contribution in [0, 0.1) is 11.3 Å². The summed E-state index contributed by atoms with van der Waals surface area (Å²) < 4.78 is 5.19. The summed E-state index contributed by atoms with van der Waals surface area (Å²) in [5, 5.41) is 12.1. The zero-order valence-electron chi connectivity index (χ0n) is 11.4. The van der Waals surface area contributed by atoms with Crippen molar-refractivity contribution in [3.8, 4) is 11.8 Å². The summed E-state index contributed by atoms with van der Waals surface area (Å²) in [5.41, 5.74) is 9.11. The molecule has 4 nitrogen and oxygen atoms in total. The van der Waals surface area contributed by atoms with Crippen LogP contribution >= 0.6 is 0 Å². The average molecular weight is 267 g/mol. The minimum absolute atomic E-state index is 0.600. The number of benzene rings is 2. The van der Waals surface area contributed by atoms with Crippen LogP contribution in [0.1, 0.15) is 11.1 Å². The number of nitrogens with two attached hydrogens (primary N) is 1. The molecule has 0 amide bonds. The summed E-state index contributed by atoms with van der Waals surface area (Å²) in [5.74, 6) is 0.855. The maximum absolute atomic E-state index is 8.88. The number of nitrogens with one attached hydrogen (secondary N) is 1. The van der Waals surface area contributed by atoms with Gasteiger partial charge in [0.15, 0.2) is 0 Å². The first kappa shape index (κ1) is 13.8. The summed E-state index contributed by atoms with van der Waals surface area (Å²) in [6, 6.07) is 15.3. The van der Waals surface area contributed by atoms with Gasteiger partial charge < -0.3 is 15.8 Å². The molecule has 0 spiro atoms. The van der Waals surface area contributed by atoms with Crippen LogP contribution in [-0.2, 0) is 6.42 Å². The molecular formula is C16H17N3O. The molecule has 20 heavy (non-hydrogen) atoms. The topological polar surface area (TPSA) is 71.1 Å². The molecule has 0 heterocycles. The van der Waals surface area contributed by atoms with Gasteiger partial charge in [-0.2, -0.15) is 5.26 Å². The van der Waals surface area contributed by atoms with Gasteiger partial charge in [-0.25, -0.2) is 0 Å². The van der Waals surface area contributed by atoms with E-state index >= 15 is 0 Å². The van der Waals surface area contributed by atoms with E-state index in [1.165, 1.54) is 5.56 Å². The maximum Gasteiger partial charge on any atom is 0.119 e. The first-order valence-electron chi connectivity index (χ1n) is 6.39. The SMILES string of the molecule is COc1cccc(CCNc2cc(C#N)ccc2N)c1. The Balaban J connectivity index is 1.97. The van der Waals surface area contributed by atoms with Gasteiger partial charge in [0.1, 0.15) is 5.75 Å². The maximum atomic E-state index is 8.88. The quantitative estimate of drug-likeness (QED) is 0.817. The molecule has 0 bridgehead atoms. The van der Waals surface area contributed by atoms with Crippen molar-refractivity contribution in [1.82, 2.24) is 0 Å². The number of hydrogen-bond donors (Lipinski definition) is 2. The molecule has 2 aromatic rings. The van der Waals surface area contributed by atoms with Gasteiger partial charge in [-0.05, 0) is 42.3 Å². The number of nitrogen functional groups attached to an aromatic ring is 1. The van der Waals surface area contributed by atoms with Crippen molar-refractivity contribution in [1.29, 1.82) is 5.26 Å². The van der Waals surface area contributed by atoms with E-state index in [2.05, 4.69) is 17.5 Å². The second kappa shape index (κ2) is 6.48. The summed E-state index contributed by atoms with van der Waals surface area (Å²) in [4.78, 5) is 0. The third-order valence-corrected chi connectivity index (χ3v) is 3.05. The average Bonchev–Trinajstić information content (AvgIpc) is 2.49. The Hall–Kier alpha value is -2.67. The second-order valence-electron chi connectivity index (χ2n) is 4.44.